The Hall–Kier alpha value is -1.53. The minimum absolute atomic E-state index is 0.137. The molecule has 1 unspecified atom stereocenters. The second-order valence-electron chi connectivity index (χ2n) is 3.34. The van der Waals surface area contributed by atoms with Gasteiger partial charge in [-0.1, -0.05) is 0 Å². The Morgan fingerprint density at radius 2 is 2.33 bits per heavy atom. The predicted molar refractivity (Wildman–Crippen MR) is 54.9 cm³/mol. The van der Waals surface area contributed by atoms with Gasteiger partial charge >= 0.3 is 0 Å². The van der Waals surface area contributed by atoms with Crippen molar-refractivity contribution in [3.63, 3.8) is 0 Å². The average Bonchev–Trinajstić information content (AvgIpc) is 2.72. The lowest BCUT2D eigenvalue weighted by atomic mass is 10.1. The largest absolute Gasteiger partial charge is 0.396 e. The number of nitrogens with one attached hydrogen (secondary N) is 1. The first-order valence-corrected chi connectivity index (χ1v) is 4.83. The van der Waals surface area contributed by atoms with Crippen LogP contribution in [0.25, 0.3) is 11.2 Å². The highest BCUT2D eigenvalue weighted by Crippen LogP contribution is 2.13. The molecule has 0 spiro atoms. The Kier molecular flexibility index (Phi) is 2.89. The van der Waals surface area contributed by atoms with Crippen LogP contribution in [0.15, 0.2) is 12.5 Å². The molecule has 0 saturated carbocycles. The molecule has 6 nitrogen and oxygen atoms in total. The van der Waals surface area contributed by atoms with E-state index in [9.17, 15) is 0 Å². The van der Waals surface area contributed by atoms with Gasteiger partial charge in [0.25, 0.3) is 0 Å². The summed E-state index contributed by atoms with van der Waals surface area (Å²) in [4.78, 5) is 15.3. The number of hydrogen-bond acceptors (Lipinski definition) is 5. The second kappa shape index (κ2) is 4.33. The Bertz CT molecular complexity index is 441. The summed E-state index contributed by atoms with van der Waals surface area (Å²) < 4.78 is 0. The highest BCUT2D eigenvalue weighted by atomic mass is 16.2. The summed E-state index contributed by atoms with van der Waals surface area (Å²) in [6, 6.07) is -0.238. The summed E-state index contributed by atoms with van der Waals surface area (Å²) in [6.07, 6.45) is 4.57. The Morgan fingerprint density at radius 3 is 3.13 bits per heavy atom. The molecule has 2 aromatic rings. The maximum Gasteiger partial charge on any atom is 0.180 e. The lowest BCUT2D eigenvalue weighted by Crippen LogP contribution is -2.14. The van der Waals surface area contributed by atoms with Crippen LogP contribution in [0.3, 0.4) is 0 Å². The highest BCUT2D eigenvalue weighted by Gasteiger charge is 2.10. The van der Waals surface area contributed by atoms with Gasteiger partial charge in [-0.3, -0.25) is 0 Å². The van der Waals surface area contributed by atoms with Gasteiger partial charge < -0.3 is 15.8 Å². The lowest BCUT2D eigenvalue weighted by molar-refractivity contribution is 0.279. The SMILES string of the molecule is NC(CCCO)c1ncc2[nH]cnc2n1. The van der Waals surface area contributed by atoms with Crippen LogP contribution in [0.2, 0.25) is 0 Å². The van der Waals surface area contributed by atoms with Crippen molar-refractivity contribution >= 4 is 11.2 Å². The Balaban J connectivity index is 2.19. The molecular weight excluding hydrogens is 194 g/mol. The number of nitrogens with zero attached hydrogens (tertiary/aromatic N) is 3. The summed E-state index contributed by atoms with van der Waals surface area (Å²) in [7, 11) is 0. The van der Waals surface area contributed by atoms with E-state index in [-0.39, 0.29) is 12.6 Å². The van der Waals surface area contributed by atoms with Gasteiger partial charge in [-0.05, 0) is 12.8 Å². The zero-order valence-electron chi connectivity index (χ0n) is 8.22. The van der Waals surface area contributed by atoms with Crippen LogP contribution >= 0.6 is 0 Å². The van der Waals surface area contributed by atoms with E-state index in [1.807, 2.05) is 0 Å². The molecular formula is C9H13N5O. The molecule has 2 heterocycles. The van der Waals surface area contributed by atoms with E-state index >= 15 is 0 Å². The van der Waals surface area contributed by atoms with Crippen molar-refractivity contribution in [2.45, 2.75) is 18.9 Å². The molecule has 6 heteroatoms. The van der Waals surface area contributed by atoms with Crippen molar-refractivity contribution < 1.29 is 5.11 Å². The molecule has 0 aliphatic rings. The molecule has 1 atom stereocenters. The van der Waals surface area contributed by atoms with E-state index in [0.717, 1.165) is 5.52 Å². The number of aromatic nitrogens is 4. The van der Waals surface area contributed by atoms with Crippen LogP contribution < -0.4 is 5.73 Å². The number of aliphatic hydroxyl groups is 1. The maximum absolute atomic E-state index is 8.69. The van der Waals surface area contributed by atoms with E-state index in [2.05, 4.69) is 19.9 Å². The molecule has 2 aromatic heterocycles. The van der Waals surface area contributed by atoms with Gasteiger partial charge in [0.1, 0.15) is 11.3 Å². The number of fused-ring (bicyclic) bond motifs is 1. The zero-order chi connectivity index (χ0) is 10.7. The third kappa shape index (κ3) is 2.11. The number of rotatable bonds is 4. The van der Waals surface area contributed by atoms with E-state index < -0.39 is 0 Å². The number of imidazole rings is 1. The fourth-order valence-corrected chi connectivity index (χ4v) is 1.37. The first-order valence-electron chi connectivity index (χ1n) is 4.83. The highest BCUT2D eigenvalue weighted by molar-refractivity contribution is 5.68. The van der Waals surface area contributed by atoms with Gasteiger partial charge in [0.05, 0.1) is 18.6 Å². The van der Waals surface area contributed by atoms with E-state index in [1.54, 1.807) is 12.5 Å². The van der Waals surface area contributed by atoms with Crippen LogP contribution in [-0.2, 0) is 0 Å². The van der Waals surface area contributed by atoms with E-state index in [0.29, 0.717) is 24.3 Å². The molecule has 0 bridgehead atoms. The van der Waals surface area contributed by atoms with Crippen molar-refractivity contribution in [3.05, 3.63) is 18.3 Å². The summed E-state index contributed by atoms with van der Waals surface area (Å²) in [5.74, 6) is 0.572. The van der Waals surface area contributed by atoms with Crippen molar-refractivity contribution in [1.29, 1.82) is 0 Å². The maximum atomic E-state index is 8.69. The van der Waals surface area contributed by atoms with Crippen LogP contribution in [0.5, 0.6) is 0 Å². The minimum atomic E-state index is -0.238. The quantitative estimate of drug-likeness (QED) is 0.661. The molecule has 0 saturated heterocycles. The van der Waals surface area contributed by atoms with Gasteiger partial charge in [-0.25, -0.2) is 15.0 Å². The zero-order valence-corrected chi connectivity index (χ0v) is 8.22. The fraction of sp³-hybridized carbons (Fsp3) is 0.444. The topological polar surface area (TPSA) is 101 Å². The second-order valence-corrected chi connectivity index (χ2v) is 3.34. The van der Waals surface area contributed by atoms with Crippen LogP contribution in [0.1, 0.15) is 24.7 Å². The van der Waals surface area contributed by atoms with Crippen molar-refractivity contribution in [3.8, 4) is 0 Å². The summed E-state index contributed by atoms with van der Waals surface area (Å²) in [5, 5.41) is 8.69. The molecule has 0 aliphatic heterocycles. The Morgan fingerprint density at radius 1 is 1.47 bits per heavy atom. The molecule has 0 amide bonds. The van der Waals surface area contributed by atoms with Gasteiger partial charge in [-0.2, -0.15) is 0 Å². The lowest BCUT2D eigenvalue weighted by Gasteiger charge is -2.08. The van der Waals surface area contributed by atoms with Crippen LogP contribution in [0.4, 0.5) is 0 Å². The molecule has 4 N–H and O–H groups in total. The number of nitrogens with two attached hydrogens (primary N) is 1. The standard InChI is InChI=1S/C9H13N5O/c10-6(2-1-3-15)8-11-4-7-9(14-8)13-5-12-7/h4-6,15H,1-3,10H2,(H,11,12,13,14). The van der Waals surface area contributed by atoms with Gasteiger partial charge in [0, 0.05) is 6.61 Å². The van der Waals surface area contributed by atoms with Crippen LogP contribution in [-0.4, -0.2) is 31.6 Å². The molecule has 2 rings (SSSR count). The van der Waals surface area contributed by atoms with Gasteiger partial charge in [-0.15, -0.1) is 0 Å². The normalized spacial score (nSPS) is 13.2. The number of H-pyrrole nitrogens is 1. The van der Waals surface area contributed by atoms with Crippen LogP contribution in [0, 0.1) is 0 Å². The third-order valence-corrected chi connectivity index (χ3v) is 2.20. The number of aliphatic hydroxyl groups excluding tert-OH is 1. The molecule has 0 aromatic carbocycles. The predicted octanol–water partition coefficient (Wildman–Crippen LogP) is 0.125. The fourth-order valence-electron chi connectivity index (χ4n) is 1.37. The first-order chi connectivity index (χ1) is 7.31. The number of aromatic amines is 1. The van der Waals surface area contributed by atoms with E-state index in [4.69, 9.17) is 10.8 Å². The molecule has 0 radical (unpaired) electrons. The summed E-state index contributed by atoms with van der Waals surface area (Å²) >= 11 is 0. The van der Waals surface area contributed by atoms with Crippen molar-refractivity contribution in [2.24, 2.45) is 5.73 Å². The summed E-state index contributed by atoms with van der Waals surface area (Å²) in [5.41, 5.74) is 7.29. The van der Waals surface area contributed by atoms with Crippen molar-refractivity contribution in [2.75, 3.05) is 6.61 Å². The molecule has 0 aliphatic carbocycles. The average molecular weight is 207 g/mol. The molecule has 0 fully saturated rings. The van der Waals surface area contributed by atoms with E-state index in [1.165, 1.54) is 0 Å². The molecule has 80 valence electrons. The Labute approximate surface area is 86.6 Å². The van der Waals surface area contributed by atoms with Gasteiger partial charge in [0.15, 0.2) is 5.65 Å². The molecule has 15 heavy (non-hydrogen) atoms. The first kappa shape index (κ1) is 10.0. The van der Waals surface area contributed by atoms with Gasteiger partial charge in [0.2, 0.25) is 0 Å². The summed E-state index contributed by atoms with van der Waals surface area (Å²) in [6.45, 7) is 0.137. The van der Waals surface area contributed by atoms with Crippen molar-refractivity contribution in [1.82, 2.24) is 19.9 Å². The third-order valence-electron chi connectivity index (χ3n) is 2.20. The monoisotopic (exact) mass is 207 g/mol. The minimum Gasteiger partial charge on any atom is -0.396 e. The smallest absolute Gasteiger partial charge is 0.180 e. The number of hydrogen-bond donors (Lipinski definition) is 3.